The molecule has 0 radical (unpaired) electrons. The standard InChI is InChI=1S/C20H26N2O3S2/c1-13-10-14(2)16(4)20(15(13)3)26-12-19(23)21-17-8-7-9-18(11-17)27(24,25)22(5)6/h7-11H,12H2,1-6H3,(H,21,23). The first-order valence-electron chi connectivity index (χ1n) is 8.56. The first kappa shape index (κ1) is 21.5. The van der Waals surface area contributed by atoms with Crippen LogP contribution in [0.3, 0.4) is 0 Å². The SMILES string of the molecule is Cc1cc(C)c(C)c(SCC(=O)Nc2cccc(S(=O)(=O)N(C)C)c2)c1C. The summed E-state index contributed by atoms with van der Waals surface area (Å²) < 4.78 is 25.6. The molecule has 0 atom stereocenters. The zero-order valence-electron chi connectivity index (χ0n) is 16.6. The van der Waals surface area contributed by atoms with Gasteiger partial charge >= 0.3 is 0 Å². The molecule has 7 heteroatoms. The van der Waals surface area contributed by atoms with Crippen molar-refractivity contribution in [3.8, 4) is 0 Å². The number of carbonyl (C=O) groups excluding carboxylic acids is 1. The van der Waals surface area contributed by atoms with Crippen LogP contribution in [0.4, 0.5) is 5.69 Å². The van der Waals surface area contributed by atoms with Gasteiger partial charge in [-0.1, -0.05) is 12.1 Å². The Bertz CT molecular complexity index is 941. The van der Waals surface area contributed by atoms with E-state index in [1.54, 1.807) is 12.1 Å². The molecule has 0 unspecified atom stereocenters. The predicted molar refractivity (Wildman–Crippen MR) is 112 cm³/mol. The fourth-order valence-corrected chi connectivity index (χ4v) is 4.73. The molecule has 146 valence electrons. The van der Waals surface area contributed by atoms with Gasteiger partial charge in [0, 0.05) is 24.7 Å². The van der Waals surface area contributed by atoms with Crippen molar-refractivity contribution in [2.75, 3.05) is 25.2 Å². The largest absolute Gasteiger partial charge is 0.325 e. The average molecular weight is 407 g/mol. The molecule has 2 aromatic carbocycles. The first-order chi connectivity index (χ1) is 12.5. The van der Waals surface area contributed by atoms with Crippen molar-refractivity contribution in [3.63, 3.8) is 0 Å². The molecule has 0 bridgehead atoms. The monoisotopic (exact) mass is 406 g/mol. The van der Waals surface area contributed by atoms with Crippen molar-refractivity contribution >= 4 is 33.4 Å². The molecule has 0 aliphatic heterocycles. The van der Waals surface area contributed by atoms with E-state index < -0.39 is 10.0 Å². The Labute approximate surface area is 166 Å². The van der Waals surface area contributed by atoms with Gasteiger partial charge in [-0.3, -0.25) is 4.79 Å². The number of carbonyl (C=O) groups is 1. The third-order valence-electron chi connectivity index (χ3n) is 4.54. The molecule has 0 aliphatic carbocycles. The lowest BCUT2D eigenvalue weighted by Gasteiger charge is -2.15. The van der Waals surface area contributed by atoms with E-state index in [2.05, 4.69) is 39.1 Å². The lowest BCUT2D eigenvalue weighted by Crippen LogP contribution is -2.22. The van der Waals surface area contributed by atoms with Crippen LogP contribution in [0, 0.1) is 27.7 Å². The highest BCUT2D eigenvalue weighted by Gasteiger charge is 2.18. The highest BCUT2D eigenvalue weighted by Crippen LogP contribution is 2.31. The summed E-state index contributed by atoms with van der Waals surface area (Å²) in [5.41, 5.74) is 5.27. The van der Waals surface area contributed by atoms with E-state index in [0.717, 1.165) is 9.20 Å². The van der Waals surface area contributed by atoms with Gasteiger partial charge in [-0.05, 0) is 68.1 Å². The quantitative estimate of drug-likeness (QED) is 0.739. The maximum atomic E-state index is 12.4. The lowest BCUT2D eigenvalue weighted by atomic mass is 10.0. The molecule has 0 aromatic heterocycles. The molecule has 2 rings (SSSR count). The molecular weight excluding hydrogens is 380 g/mol. The van der Waals surface area contributed by atoms with E-state index in [9.17, 15) is 13.2 Å². The van der Waals surface area contributed by atoms with Crippen LogP contribution in [-0.4, -0.2) is 38.5 Å². The summed E-state index contributed by atoms with van der Waals surface area (Å²) in [7, 11) is -0.579. The fraction of sp³-hybridized carbons (Fsp3) is 0.350. The van der Waals surface area contributed by atoms with Crippen molar-refractivity contribution in [1.82, 2.24) is 4.31 Å². The molecule has 0 saturated heterocycles. The molecule has 0 fully saturated rings. The Kier molecular flexibility index (Phi) is 6.72. The Morgan fingerprint density at radius 2 is 1.63 bits per heavy atom. The molecule has 0 heterocycles. The van der Waals surface area contributed by atoms with E-state index in [0.29, 0.717) is 5.69 Å². The van der Waals surface area contributed by atoms with Gasteiger partial charge in [0.1, 0.15) is 0 Å². The normalized spacial score (nSPS) is 11.7. The van der Waals surface area contributed by atoms with Gasteiger partial charge in [-0.2, -0.15) is 0 Å². The van der Waals surface area contributed by atoms with Crippen molar-refractivity contribution in [1.29, 1.82) is 0 Å². The smallest absolute Gasteiger partial charge is 0.242 e. The van der Waals surface area contributed by atoms with Crippen LogP contribution in [0.15, 0.2) is 40.1 Å². The maximum absolute atomic E-state index is 12.4. The topological polar surface area (TPSA) is 66.5 Å². The second-order valence-corrected chi connectivity index (χ2v) is 9.88. The van der Waals surface area contributed by atoms with Crippen LogP contribution in [0.25, 0.3) is 0 Å². The van der Waals surface area contributed by atoms with Crippen molar-refractivity contribution in [2.24, 2.45) is 0 Å². The highest BCUT2D eigenvalue weighted by atomic mass is 32.2. The molecule has 1 N–H and O–H groups in total. The zero-order chi connectivity index (χ0) is 20.4. The summed E-state index contributed by atoms with van der Waals surface area (Å²) in [4.78, 5) is 13.7. The average Bonchev–Trinajstić information content (AvgIpc) is 2.60. The van der Waals surface area contributed by atoms with Gasteiger partial charge in [0.2, 0.25) is 15.9 Å². The molecular formula is C20H26N2O3S2. The van der Waals surface area contributed by atoms with Gasteiger partial charge in [0.25, 0.3) is 0 Å². The van der Waals surface area contributed by atoms with Gasteiger partial charge in [-0.25, -0.2) is 12.7 Å². The Morgan fingerprint density at radius 3 is 2.19 bits per heavy atom. The van der Waals surface area contributed by atoms with E-state index >= 15 is 0 Å². The van der Waals surface area contributed by atoms with Gasteiger partial charge < -0.3 is 5.32 Å². The van der Waals surface area contributed by atoms with Gasteiger partial charge in [-0.15, -0.1) is 11.8 Å². The molecule has 0 saturated carbocycles. The second-order valence-electron chi connectivity index (χ2n) is 6.74. The molecule has 27 heavy (non-hydrogen) atoms. The molecule has 0 aliphatic rings. The summed E-state index contributed by atoms with van der Waals surface area (Å²) in [6.45, 7) is 8.28. The van der Waals surface area contributed by atoms with Crippen LogP contribution in [-0.2, 0) is 14.8 Å². The molecule has 2 aromatic rings. The maximum Gasteiger partial charge on any atom is 0.242 e. The summed E-state index contributed by atoms with van der Waals surface area (Å²) >= 11 is 1.51. The van der Waals surface area contributed by atoms with E-state index in [1.165, 1.54) is 60.2 Å². The summed E-state index contributed by atoms with van der Waals surface area (Å²) in [6.07, 6.45) is 0. The van der Waals surface area contributed by atoms with Gasteiger partial charge in [0.05, 0.1) is 10.6 Å². The number of nitrogens with one attached hydrogen (secondary N) is 1. The predicted octanol–water partition coefficient (Wildman–Crippen LogP) is 3.90. The summed E-state index contributed by atoms with van der Waals surface area (Å²) in [6, 6.07) is 8.46. The number of sulfonamides is 1. The highest BCUT2D eigenvalue weighted by molar-refractivity contribution is 8.00. The van der Waals surface area contributed by atoms with Crippen molar-refractivity contribution in [3.05, 3.63) is 52.6 Å². The minimum atomic E-state index is -3.53. The second kappa shape index (κ2) is 8.46. The van der Waals surface area contributed by atoms with E-state index in [-0.39, 0.29) is 16.6 Å². The Hall–Kier alpha value is -1.83. The summed E-state index contributed by atoms with van der Waals surface area (Å²) in [5.74, 6) is 0.0900. The lowest BCUT2D eigenvalue weighted by molar-refractivity contribution is -0.113. The third-order valence-corrected chi connectivity index (χ3v) is 7.66. The van der Waals surface area contributed by atoms with Crippen LogP contribution >= 0.6 is 11.8 Å². The van der Waals surface area contributed by atoms with Crippen LogP contribution in [0.2, 0.25) is 0 Å². The van der Waals surface area contributed by atoms with E-state index in [4.69, 9.17) is 0 Å². The number of hydrogen-bond donors (Lipinski definition) is 1. The Morgan fingerprint density at radius 1 is 1.04 bits per heavy atom. The summed E-state index contributed by atoms with van der Waals surface area (Å²) in [5, 5.41) is 2.79. The number of thioether (sulfide) groups is 1. The van der Waals surface area contributed by atoms with E-state index in [1.807, 2.05) is 0 Å². The molecule has 1 amide bonds. The first-order valence-corrected chi connectivity index (χ1v) is 11.0. The Balaban J connectivity index is 2.12. The minimum Gasteiger partial charge on any atom is -0.325 e. The van der Waals surface area contributed by atoms with Crippen LogP contribution < -0.4 is 5.32 Å². The number of hydrogen-bond acceptors (Lipinski definition) is 4. The number of benzene rings is 2. The molecule has 5 nitrogen and oxygen atoms in total. The van der Waals surface area contributed by atoms with Gasteiger partial charge in [0.15, 0.2) is 0 Å². The van der Waals surface area contributed by atoms with Crippen molar-refractivity contribution in [2.45, 2.75) is 37.5 Å². The number of aryl methyl sites for hydroxylation is 2. The van der Waals surface area contributed by atoms with Crippen LogP contribution in [0.1, 0.15) is 22.3 Å². The fourth-order valence-electron chi connectivity index (χ4n) is 2.68. The third kappa shape index (κ3) is 4.91. The van der Waals surface area contributed by atoms with Crippen LogP contribution in [0.5, 0.6) is 0 Å². The number of rotatable bonds is 6. The number of nitrogens with zero attached hydrogens (tertiary/aromatic N) is 1. The molecule has 0 spiro atoms. The number of amides is 1. The van der Waals surface area contributed by atoms with Crippen molar-refractivity contribution < 1.29 is 13.2 Å². The minimum absolute atomic E-state index is 0.152. The zero-order valence-corrected chi connectivity index (χ0v) is 18.2. The number of anilines is 1.